The number of benzene rings is 2. The zero-order chi connectivity index (χ0) is 24.8. The number of aryl methyl sites for hydroxylation is 1. The van der Waals surface area contributed by atoms with E-state index in [1.807, 2.05) is 30.3 Å². The van der Waals surface area contributed by atoms with Crippen molar-refractivity contribution in [2.24, 2.45) is 0 Å². The van der Waals surface area contributed by atoms with Crippen LogP contribution in [0.5, 0.6) is 0 Å². The first-order valence-electron chi connectivity index (χ1n) is 10.9. The molecule has 2 heterocycles. The number of rotatable bonds is 10. The van der Waals surface area contributed by atoms with E-state index in [2.05, 4.69) is 15.1 Å². The number of ether oxygens (including phenoxy) is 2. The molecule has 0 saturated heterocycles. The van der Waals surface area contributed by atoms with Crippen molar-refractivity contribution in [2.75, 3.05) is 31.4 Å². The van der Waals surface area contributed by atoms with Crippen LogP contribution in [0.4, 0.5) is 5.88 Å². The van der Waals surface area contributed by atoms with Crippen LogP contribution < -0.4 is 4.31 Å². The van der Waals surface area contributed by atoms with Crippen molar-refractivity contribution in [3.63, 3.8) is 0 Å². The van der Waals surface area contributed by atoms with Gasteiger partial charge in [0.05, 0.1) is 29.5 Å². The molecule has 35 heavy (non-hydrogen) atoms. The maximum Gasteiger partial charge on any atom is 0.269 e. The van der Waals surface area contributed by atoms with E-state index in [1.54, 1.807) is 51.4 Å². The number of hydrogen-bond donors (Lipinski definition) is 0. The van der Waals surface area contributed by atoms with Crippen LogP contribution in [0.1, 0.15) is 11.3 Å². The first kappa shape index (κ1) is 24.5. The second-order valence-corrected chi connectivity index (χ2v) is 9.58. The van der Waals surface area contributed by atoms with Crippen LogP contribution in [0.2, 0.25) is 0 Å². The lowest BCUT2D eigenvalue weighted by Crippen LogP contribution is -2.34. The lowest BCUT2D eigenvalue weighted by Gasteiger charge is -2.23. The van der Waals surface area contributed by atoms with E-state index in [4.69, 9.17) is 14.0 Å². The van der Waals surface area contributed by atoms with Gasteiger partial charge in [-0.05, 0) is 31.5 Å². The van der Waals surface area contributed by atoms with Gasteiger partial charge in [-0.25, -0.2) is 22.7 Å². The maximum absolute atomic E-state index is 14.0. The fraction of sp³-hybridized carbons (Fsp3) is 0.240. The molecule has 0 aliphatic rings. The monoisotopic (exact) mass is 494 g/mol. The molecular weight excluding hydrogens is 468 g/mol. The van der Waals surface area contributed by atoms with E-state index >= 15 is 0 Å². The van der Waals surface area contributed by atoms with Gasteiger partial charge in [-0.1, -0.05) is 47.6 Å². The normalized spacial score (nSPS) is 11.5. The Morgan fingerprint density at radius 3 is 2.37 bits per heavy atom. The molecule has 0 bridgehead atoms. The van der Waals surface area contributed by atoms with Gasteiger partial charge in [0, 0.05) is 30.0 Å². The molecule has 182 valence electrons. The number of anilines is 1. The Bertz CT molecular complexity index is 1370. The molecule has 0 radical (unpaired) electrons. The summed E-state index contributed by atoms with van der Waals surface area (Å²) in [6, 6.07) is 16.2. The summed E-state index contributed by atoms with van der Waals surface area (Å²) < 4.78 is 45.0. The molecule has 2 aromatic heterocycles. The van der Waals surface area contributed by atoms with Crippen LogP contribution in [0.3, 0.4) is 0 Å². The molecule has 0 unspecified atom stereocenters. The Balaban J connectivity index is 1.73. The molecule has 2 aromatic carbocycles. The molecule has 0 fully saturated rings. The second-order valence-electron chi connectivity index (χ2n) is 7.75. The quantitative estimate of drug-likeness (QED) is 0.238. The van der Waals surface area contributed by atoms with E-state index < -0.39 is 10.0 Å². The highest BCUT2D eigenvalue weighted by Crippen LogP contribution is 2.34. The van der Waals surface area contributed by atoms with Crippen molar-refractivity contribution < 1.29 is 22.4 Å². The minimum absolute atomic E-state index is 0.119. The molecule has 0 aliphatic heterocycles. The number of sulfonamides is 1. The van der Waals surface area contributed by atoms with Crippen molar-refractivity contribution in [1.82, 2.24) is 15.1 Å². The molecule has 10 heteroatoms. The largest absolute Gasteiger partial charge is 0.382 e. The summed E-state index contributed by atoms with van der Waals surface area (Å²) in [5.41, 5.74) is 4.20. The number of aromatic nitrogens is 3. The Labute approximate surface area is 204 Å². The first-order valence-corrected chi connectivity index (χ1v) is 12.4. The third kappa shape index (κ3) is 5.24. The summed E-state index contributed by atoms with van der Waals surface area (Å²) in [5.74, 6) is 0.119. The van der Waals surface area contributed by atoms with Gasteiger partial charge >= 0.3 is 0 Å². The fourth-order valence-corrected chi connectivity index (χ4v) is 5.05. The Morgan fingerprint density at radius 1 is 0.971 bits per heavy atom. The van der Waals surface area contributed by atoms with Gasteiger partial charge in [-0.15, -0.1) is 0 Å². The predicted octanol–water partition coefficient (Wildman–Crippen LogP) is 4.23. The molecular formula is C25H26N4O5S. The molecule has 0 N–H and O–H groups in total. The first-order chi connectivity index (χ1) is 16.9. The SMILES string of the molecule is COCCOCN(c1onc(C)c1C)S(=O)(=O)c1ccccc1-c1ccc(-c2ccncn2)cc1. The summed E-state index contributed by atoms with van der Waals surface area (Å²) in [5, 5.41) is 3.94. The van der Waals surface area contributed by atoms with E-state index in [9.17, 15) is 8.42 Å². The van der Waals surface area contributed by atoms with Gasteiger partial charge in [0.25, 0.3) is 10.0 Å². The van der Waals surface area contributed by atoms with Crippen molar-refractivity contribution in [1.29, 1.82) is 0 Å². The molecule has 0 saturated carbocycles. The van der Waals surface area contributed by atoms with Crippen molar-refractivity contribution in [2.45, 2.75) is 18.7 Å². The average molecular weight is 495 g/mol. The third-order valence-electron chi connectivity index (χ3n) is 5.53. The summed E-state index contributed by atoms with van der Waals surface area (Å²) in [6.07, 6.45) is 3.16. The summed E-state index contributed by atoms with van der Waals surface area (Å²) >= 11 is 0. The average Bonchev–Trinajstić information content (AvgIpc) is 3.22. The van der Waals surface area contributed by atoms with Gasteiger partial charge in [-0.2, -0.15) is 0 Å². The molecule has 9 nitrogen and oxygen atoms in total. The van der Waals surface area contributed by atoms with Crippen LogP contribution in [0, 0.1) is 13.8 Å². The molecule has 0 amide bonds. The van der Waals surface area contributed by atoms with Crippen LogP contribution >= 0.6 is 0 Å². The minimum Gasteiger partial charge on any atom is -0.382 e. The lowest BCUT2D eigenvalue weighted by atomic mass is 10.0. The number of methoxy groups -OCH3 is 1. The van der Waals surface area contributed by atoms with Gasteiger partial charge < -0.3 is 14.0 Å². The Morgan fingerprint density at radius 2 is 1.71 bits per heavy atom. The van der Waals surface area contributed by atoms with E-state index in [0.29, 0.717) is 23.4 Å². The summed E-state index contributed by atoms with van der Waals surface area (Å²) in [4.78, 5) is 8.33. The molecule has 0 spiro atoms. The predicted molar refractivity (Wildman–Crippen MR) is 131 cm³/mol. The molecule has 0 atom stereocenters. The Hall–Kier alpha value is -3.60. The zero-order valence-corrected chi connectivity index (χ0v) is 20.5. The highest BCUT2D eigenvalue weighted by molar-refractivity contribution is 7.93. The van der Waals surface area contributed by atoms with Crippen molar-refractivity contribution in [3.05, 3.63) is 78.4 Å². The number of nitrogens with zero attached hydrogens (tertiary/aromatic N) is 4. The van der Waals surface area contributed by atoms with Gasteiger partial charge in [0.1, 0.15) is 13.1 Å². The standard InChI is InChI=1S/C25H26N4O5S/c1-18-19(2)28-34-25(18)29(17-33-15-14-32-3)35(30,31)24-7-5-4-6-22(24)20-8-10-21(11-9-20)23-12-13-26-16-27-23/h4-13,16H,14-15,17H2,1-3H3. The Kier molecular flexibility index (Phi) is 7.54. The second kappa shape index (κ2) is 10.8. The van der Waals surface area contributed by atoms with Crippen molar-refractivity contribution in [3.8, 4) is 22.4 Å². The fourth-order valence-electron chi connectivity index (χ4n) is 3.49. The smallest absolute Gasteiger partial charge is 0.269 e. The third-order valence-corrected chi connectivity index (χ3v) is 7.29. The molecule has 4 rings (SSSR count). The molecule has 0 aliphatic carbocycles. The summed E-state index contributed by atoms with van der Waals surface area (Å²) in [6.45, 7) is 3.82. The topological polar surface area (TPSA) is 108 Å². The van der Waals surface area contributed by atoms with Gasteiger partial charge in [0.2, 0.25) is 5.88 Å². The zero-order valence-electron chi connectivity index (χ0n) is 19.7. The van der Waals surface area contributed by atoms with E-state index in [1.165, 1.54) is 6.33 Å². The van der Waals surface area contributed by atoms with Crippen LogP contribution in [-0.4, -0.2) is 50.6 Å². The summed E-state index contributed by atoms with van der Waals surface area (Å²) in [7, 11) is -2.53. The highest BCUT2D eigenvalue weighted by atomic mass is 32.2. The highest BCUT2D eigenvalue weighted by Gasteiger charge is 2.32. The van der Waals surface area contributed by atoms with Gasteiger partial charge in [-0.3, -0.25) is 0 Å². The molecule has 4 aromatic rings. The van der Waals surface area contributed by atoms with E-state index in [0.717, 1.165) is 21.1 Å². The van der Waals surface area contributed by atoms with E-state index in [-0.39, 0.29) is 24.1 Å². The van der Waals surface area contributed by atoms with Crippen LogP contribution in [0.25, 0.3) is 22.4 Å². The lowest BCUT2D eigenvalue weighted by molar-refractivity contribution is 0.0744. The minimum atomic E-state index is -4.08. The van der Waals surface area contributed by atoms with Gasteiger partial charge in [0.15, 0.2) is 0 Å². The van der Waals surface area contributed by atoms with Crippen molar-refractivity contribution >= 4 is 15.9 Å². The van der Waals surface area contributed by atoms with Crippen LogP contribution in [-0.2, 0) is 19.5 Å². The maximum atomic E-state index is 14.0. The number of hydrogen-bond acceptors (Lipinski definition) is 8. The van der Waals surface area contributed by atoms with Crippen LogP contribution in [0.15, 0.2) is 76.5 Å².